The molecule has 0 unspecified atom stereocenters. The smallest absolute Gasteiger partial charge is 0.211 e. The zero-order valence-electron chi connectivity index (χ0n) is 12.4. The molecule has 0 amide bonds. The van der Waals surface area contributed by atoms with Gasteiger partial charge in [0.1, 0.15) is 10.8 Å². The minimum Gasteiger partial charge on any atom is -0.315 e. The van der Waals surface area contributed by atoms with Crippen LogP contribution in [0.15, 0.2) is 28.9 Å². The molecule has 3 rings (SSSR count). The van der Waals surface area contributed by atoms with Crippen LogP contribution in [-0.2, 0) is 0 Å². The molecule has 7 heteroatoms. The first-order valence-electron chi connectivity index (χ1n) is 7.22. The zero-order chi connectivity index (χ0) is 15.5. The van der Waals surface area contributed by atoms with Crippen molar-refractivity contribution in [3.8, 4) is 0 Å². The van der Waals surface area contributed by atoms with E-state index in [4.69, 9.17) is 0 Å². The van der Waals surface area contributed by atoms with Crippen LogP contribution in [-0.4, -0.2) is 20.2 Å². The van der Waals surface area contributed by atoms with Gasteiger partial charge in [-0.05, 0) is 47.0 Å². The number of hydrogen-bond acceptors (Lipinski definition) is 6. The Balaban J connectivity index is 1.83. The van der Waals surface area contributed by atoms with E-state index in [9.17, 15) is 0 Å². The van der Waals surface area contributed by atoms with Crippen LogP contribution in [0.25, 0.3) is 11.0 Å². The SMILES string of the molecule is CCC(CC)c1nnc(Nc2ccc3ncc(Br)cc3n2)s1. The van der Waals surface area contributed by atoms with Gasteiger partial charge in [0.2, 0.25) is 5.13 Å². The van der Waals surface area contributed by atoms with Crippen molar-refractivity contribution in [3.63, 3.8) is 0 Å². The Bertz CT molecular complexity index is 784. The molecule has 22 heavy (non-hydrogen) atoms. The van der Waals surface area contributed by atoms with Gasteiger partial charge in [-0.1, -0.05) is 25.2 Å². The number of halogens is 1. The van der Waals surface area contributed by atoms with E-state index in [1.807, 2.05) is 18.2 Å². The summed E-state index contributed by atoms with van der Waals surface area (Å²) in [5.41, 5.74) is 1.70. The lowest BCUT2D eigenvalue weighted by Crippen LogP contribution is -1.94. The lowest BCUT2D eigenvalue weighted by molar-refractivity contribution is 0.630. The summed E-state index contributed by atoms with van der Waals surface area (Å²) in [4.78, 5) is 8.88. The van der Waals surface area contributed by atoms with E-state index in [-0.39, 0.29) is 0 Å². The molecule has 0 bridgehead atoms. The number of hydrogen-bond donors (Lipinski definition) is 1. The van der Waals surface area contributed by atoms with Gasteiger partial charge in [-0.2, -0.15) is 0 Å². The van der Waals surface area contributed by atoms with Gasteiger partial charge in [-0.3, -0.25) is 4.98 Å². The van der Waals surface area contributed by atoms with Crippen LogP contribution in [0.3, 0.4) is 0 Å². The fourth-order valence-corrected chi connectivity index (χ4v) is 3.59. The third kappa shape index (κ3) is 3.25. The van der Waals surface area contributed by atoms with E-state index in [0.717, 1.165) is 44.3 Å². The van der Waals surface area contributed by atoms with Crippen molar-refractivity contribution >= 4 is 49.2 Å². The molecule has 0 aliphatic carbocycles. The Morgan fingerprint density at radius 1 is 1.18 bits per heavy atom. The first-order valence-corrected chi connectivity index (χ1v) is 8.83. The largest absolute Gasteiger partial charge is 0.315 e. The molecule has 114 valence electrons. The summed E-state index contributed by atoms with van der Waals surface area (Å²) < 4.78 is 0.914. The van der Waals surface area contributed by atoms with Gasteiger partial charge < -0.3 is 5.32 Å². The van der Waals surface area contributed by atoms with Crippen LogP contribution < -0.4 is 5.32 Å². The third-order valence-corrected chi connectivity index (χ3v) is 4.95. The van der Waals surface area contributed by atoms with Crippen molar-refractivity contribution in [1.29, 1.82) is 0 Å². The van der Waals surface area contributed by atoms with Gasteiger partial charge in [0.05, 0.1) is 11.0 Å². The fraction of sp³-hybridized carbons (Fsp3) is 0.333. The topological polar surface area (TPSA) is 63.6 Å². The second-order valence-corrected chi connectivity index (χ2v) is 6.90. The Morgan fingerprint density at radius 2 is 2.00 bits per heavy atom. The molecule has 0 fully saturated rings. The van der Waals surface area contributed by atoms with Crippen molar-refractivity contribution in [2.45, 2.75) is 32.6 Å². The highest BCUT2D eigenvalue weighted by Crippen LogP contribution is 2.29. The molecule has 3 heterocycles. The first-order chi connectivity index (χ1) is 10.7. The molecular weight excluding hydrogens is 362 g/mol. The quantitative estimate of drug-likeness (QED) is 0.685. The molecule has 5 nitrogen and oxygen atoms in total. The molecule has 0 saturated heterocycles. The molecule has 0 aliphatic heterocycles. The summed E-state index contributed by atoms with van der Waals surface area (Å²) >= 11 is 5.01. The normalized spacial score (nSPS) is 11.3. The monoisotopic (exact) mass is 377 g/mol. The predicted octanol–water partition coefficient (Wildman–Crippen LogP) is 4.89. The van der Waals surface area contributed by atoms with Gasteiger partial charge >= 0.3 is 0 Å². The zero-order valence-corrected chi connectivity index (χ0v) is 14.8. The van der Waals surface area contributed by atoms with E-state index in [2.05, 4.69) is 55.3 Å². The van der Waals surface area contributed by atoms with E-state index in [1.165, 1.54) is 0 Å². The van der Waals surface area contributed by atoms with Crippen molar-refractivity contribution in [2.75, 3.05) is 5.32 Å². The maximum absolute atomic E-state index is 4.56. The molecule has 3 aromatic rings. The summed E-state index contributed by atoms with van der Waals surface area (Å²) in [5.74, 6) is 1.23. The number of fused-ring (bicyclic) bond motifs is 1. The molecule has 0 spiro atoms. The van der Waals surface area contributed by atoms with Gasteiger partial charge in [-0.15, -0.1) is 10.2 Å². The van der Waals surface area contributed by atoms with Crippen molar-refractivity contribution < 1.29 is 0 Å². The lowest BCUT2D eigenvalue weighted by Gasteiger charge is -2.06. The van der Waals surface area contributed by atoms with Crippen molar-refractivity contribution in [2.24, 2.45) is 0 Å². The number of rotatable bonds is 5. The number of nitrogens with zero attached hydrogens (tertiary/aromatic N) is 4. The van der Waals surface area contributed by atoms with Crippen molar-refractivity contribution in [3.05, 3.63) is 33.9 Å². The highest BCUT2D eigenvalue weighted by atomic mass is 79.9. The summed E-state index contributed by atoms with van der Waals surface area (Å²) in [7, 11) is 0. The van der Waals surface area contributed by atoms with Crippen LogP contribution in [0.1, 0.15) is 37.6 Å². The average molecular weight is 378 g/mol. The maximum Gasteiger partial charge on any atom is 0.211 e. The van der Waals surface area contributed by atoms with E-state index in [1.54, 1.807) is 17.5 Å². The number of nitrogens with one attached hydrogen (secondary N) is 1. The molecule has 3 aromatic heterocycles. The number of aromatic nitrogens is 4. The van der Waals surface area contributed by atoms with Gasteiger partial charge in [0.25, 0.3) is 0 Å². The summed E-state index contributed by atoms with van der Waals surface area (Å²) in [5, 5.41) is 13.6. The predicted molar refractivity (Wildman–Crippen MR) is 93.8 cm³/mol. The maximum atomic E-state index is 4.56. The minimum absolute atomic E-state index is 0.484. The number of anilines is 2. The van der Waals surface area contributed by atoms with Gasteiger partial charge in [-0.25, -0.2) is 4.98 Å². The van der Waals surface area contributed by atoms with E-state index >= 15 is 0 Å². The molecule has 0 atom stereocenters. The summed E-state index contributed by atoms with van der Waals surface area (Å²) in [6.45, 7) is 4.36. The molecular formula is C15H16BrN5S. The van der Waals surface area contributed by atoms with Crippen LogP contribution in [0.4, 0.5) is 10.9 Å². The minimum atomic E-state index is 0.484. The van der Waals surface area contributed by atoms with Crippen LogP contribution >= 0.6 is 27.3 Å². The molecule has 0 radical (unpaired) electrons. The van der Waals surface area contributed by atoms with Crippen LogP contribution in [0, 0.1) is 0 Å². The van der Waals surface area contributed by atoms with Crippen LogP contribution in [0.5, 0.6) is 0 Å². The van der Waals surface area contributed by atoms with Crippen molar-refractivity contribution in [1.82, 2.24) is 20.2 Å². The standard InChI is InChI=1S/C15H16BrN5S/c1-3-9(4-2)14-20-21-15(22-14)19-13-6-5-11-12(18-13)7-10(16)8-17-11/h5-9H,3-4H2,1-2H3,(H,18,19,21). The summed E-state index contributed by atoms with van der Waals surface area (Å²) in [6.07, 6.45) is 3.93. The fourth-order valence-electron chi connectivity index (χ4n) is 2.25. The average Bonchev–Trinajstić information content (AvgIpc) is 2.96. The van der Waals surface area contributed by atoms with E-state index in [0.29, 0.717) is 5.92 Å². The molecule has 0 aromatic carbocycles. The Morgan fingerprint density at radius 3 is 2.77 bits per heavy atom. The molecule has 0 saturated carbocycles. The lowest BCUT2D eigenvalue weighted by atomic mass is 10.1. The van der Waals surface area contributed by atoms with Gasteiger partial charge in [0, 0.05) is 16.6 Å². The highest BCUT2D eigenvalue weighted by molar-refractivity contribution is 9.10. The second-order valence-electron chi connectivity index (χ2n) is 4.97. The summed E-state index contributed by atoms with van der Waals surface area (Å²) in [6, 6.07) is 5.80. The third-order valence-electron chi connectivity index (χ3n) is 3.51. The Hall–Kier alpha value is -1.60. The highest BCUT2D eigenvalue weighted by Gasteiger charge is 2.13. The van der Waals surface area contributed by atoms with E-state index < -0.39 is 0 Å². The Kier molecular flexibility index (Phi) is 4.63. The first kappa shape index (κ1) is 15.3. The molecule has 1 N–H and O–H groups in total. The number of pyridine rings is 2. The second kappa shape index (κ2) is 6.66. The van der Waals surface area contributed by atoms with Crippen LogP contribution in [0.2, 0.25) is 0 Å². The Labute approximate surface area is 141 Å². The molecule has 0 aliphatic rings. The van der Waals surface area contributed by atoms with Gasteiger partial charge in [0.15, 0.2) is 0 Å².